The maximum atomic E-state index is 12.8. The Morgan fingerprint density at radius 2 is 1.89 bits per heavy atom. The topological polar surface area (TPSA) is 119 Å². The summed E-state index contributed by atoms with van der Waals surface area (Å²) in [6.45, 7) is 4.75. The molecule has 8 nitrogen and oxygen atoms in total. The summed E-state index contributed by atoms with van der Waals surface area (Å²) < 4.78 is 5.82. The normalized spacial score (nSPS) is 19.9. The van der Waals surface area contributed by atoms with Gasteiger partial charge in [-0.3, -0.25) is 19.7 Å². The number of nitro benzene ring substituents is 1. The van der Waals surface area contributed by atoms with Crippen molar-refractivity contribution in [3.05, 3.63) is 69.3 Å². The highest BCUT2D eigenvalue weighted by atomic mass is 16.6. The molecule has 3 rings (SSSR count). The molecule has 0 fully saturated rings. The average Bonchev–Trinajstić information content (AvgIpc) is 2.64. The molecule has 28 heavy (non-hydrogen) atoms. The van der Waals surface area contributed by atoms with Crippen molar-refractivity contribution in [2.45, 2.75) is 38.5 Å². The molecule has 1 heterocycles. The maximum Gasteiger partial charge on any atom is 0.282 e. The van der Waals surface area contributed by atoms with Gasteiger partial charge in [-0.1, -0.05) is 12.1 Å². The molecule has 1 aliphatic rings. The van der Waals surface area contributed by atoms with E-state index in [0.717, 1.165) is 0 Å². The summed E-state index contributed by atoms with van der Waals surface area (Å²) in [7, 11) is 0. The number of fused-ring (bicyclic) bond motifs is 1. The number of carbonyl (C=O) groups excluding carboxylic acids is 2. The molecule has 2 N–H and O–H groups in total. The van der Waals surface area contributed by atoms with Crippen LogP contribution in [0.25, 0.3) is 0 Å². The second-order valence-electron chi connectivity index (χ2n) is 7.18. The van der Waals surface area contributed by atoms with Crippen molar-refractivity contribution in [1.29, 1.82) is 0 Å². The fourth-order valence-corrected chi connectivity index (χ4v) is 3.22. The summed E-state index contributed by atoms with van der Waals surface area (Å²) in [4.78, 5) is 35.1. The molecule has 146 valence electrons. The van der Waals surface area contributed by atoms with Gasteiger partial charge in [0.25, 0.3) is 11.6 Å². The van der Waals surface area contributed by atoms with Gasteiger partial charge in [0.05, 0.1) is 11.0 Å². The van der Waals surface area contributed by atoms with Crippen LogP contribution in [0.1, 0.15) is 53.1 Å². The van der Waals surface area contributed by atoms with Gasteiger partial charge < -0.3 is 15.2 Å². The SMILES string of the molecule is CC(=O)c1ccc2c(c1)[C@H](NC(=O)c1ccccc1[N+](=O)[O-])[C@@H](O)C(C)(C)O2. The fourth-order valence-electron chi connectivity index (χ4n) is 3.22. The van der Waals surface area contributed by atoms with Crippen molar-refractivity contribution >= 4 is 17.4 Å². The van der Waals surface area contributed by atoms with Crippen LogP contribution in [0.3, 0.4) is 0 Å². The van der Waals surface area contributed by atoms with Gasteiger partial charge in [-0.15, -0.1) is 0 Å². The summed E-state index contributed by atoms with van der Waals surface area (Å²) in [6.07, 6.45) is -1.14. The van der Waals surface area contributed by atoms with Crippen molar-refractivity contribution in [3.8, 4) is 5.75 Å². The minimum absolute atomic E-state index is 0.117. The Balaban J connectivity index is 2.03. The minimum Gasteiger partial charge on any atom is -0.485 e. The number of benzene rings is 2. The molecule has 2 atom stereocenters. The third-order valence-corrected chi connectivity index (χ3v) is 4.78. The summed E-state index contributed by atoms with van der Waals surface area (Å²) >= 11 is 0. The van der Waals surface area contributed by atoms with E-state index >= 15 is 0 Å². The van der Waals surface area contributed by atoms with Gasteiger partial charge in [0, 0.05) is 17.2 Å². The Morgan fingerprint density at radius 1 is 1.21 bits per heavy atom. The highest BCUT2D eigenvalue weighted by molar-refractivity contribution is 5.98. The molecule has 0 radical (unpaired) electrons. The highest BCUT2D eigenvalue weighted by Crippen LogP contribution is 2.40. The Hall–Kier alpha value is -3.26. The van der Waals surface area contributed by atoms with Crippen LogP contribution in [0.5, 0.6) is 5.75 Å². The lowest BCUT2D eigenvalue weighted by atomic mass is 9.85. The van der Waals surface area contributed by atoms with Crippen LogP contribution in [-0.2, 0) is 0 Å². The first-order valence-corrected chi connectivity index (χ1v) is 8.68. The molecule has 2 aromatic carbocycles. The summed E-state index contributed by atoms with van der Waals surface area (Å²) in [6, 6.07) is 9.44. The Labute approximate surface area is 161 Å². The number of nitrogens with one attached hydrogen (secondary N) is 1. The Bertz CT molecular complexity index is 969. The standard InChI is InChI=1S/C20H20N2O6/c1-11(23)12-8-9-16-14(10-12)17(18(24)20(2,3)28-16)21-19(25)13-6-4-5-7-15(13)22(26)27/h4-10,17-18,24H,1-3H3,(H,21,25)/t17-,18+/m0/s1. The molecule has 0 saturated carbocycles. The summed E-state index contributed by atoms with van der Waals surface area (Å²) in [5.74, 6) is -0.452. The van der Waals surface area contributed by atoms with Crippen LogP contribution in [0.4, 0.5) is 5.69 Å². The van der Waals surface area contributed by atoms with Gasteiger partial charge in [0.2, 0.25) is 0 Å². The molecule has 0 aromatic heterocycles. The van der Waals surface area contributed by atoms with E-state index in [1.807, 2.05) is 0 Å². The van der Waals surface area contributed by atoms with E-state index in [1.54, 1.807) is 32.0 Å². The first-order valence-electron chi connectivity index (χ1n) is 8.68. The van der Waals surface area contributed by atoms with Crippen molar-refractivity contribution in [3.63, 3.8) is 0 Å². The van der Waals surface area contributed by atoms with E-state index < -0.39 is 28.6 Å². The van der Waals surface area contributed by atoms with Gasteiger partial charge in [-0.25, -0.2) is 0 Å². The van der Waals surface area contributed by atoms with Crippen molar-refractivity contribution in [2.24, 2.45) is 0 Å². The van der Waals surface area contributed by atoms with E-state index in [0.29, 0.717) is 16.9 Å². The van der Waals surface area contributed by atoms with E-state index in [4.69, 9.17) is 4.74 Å². The van der Waals surface area contributed by atoms with Gasteiger partial charge in [-0.05, 0) is 45.0 Å². The minimum atomic E-state index is -1.14. The lowest BCUT2D eigenvalue weighted by Gasteiger charge is -2.42. The second-order valence-corrected chi connectivity index (χ2v) is 7.18. The number of Topliss-reactive ketones (excluding diaryl/α,β-unsaturated/α-hetero) is 1. The Kier molecular flexibility index (Phi) is 4.91. The number of ether oxygens (including phenoxy) is 1. The first kappa shape index (κ1) is 19.5. The van der Waals surface area contributed by atoms with Crippen LogP contribution in [0.15, 0.2) is 42.5 Å². The molecule has 2 aromatic rings. The molecule has 1 amide bonds. The van der Waals surface area contributed by atoms with Crippen LogP contribution in [-0.4, -0.2) is 33.4 Å². The van der Waals surface area contributed by atoms with Crippen LogP contribution in [0.2, 0.25) is 0 Å². The zero-order valence-corrected chi connectivity index (χ0v) is 15.6. The van der Waals surface area contributed by atoms with Crippen LogP contribution < -0.4 is 10.1 Å². The number of nitrogens with zero attached hydrogens (tertiary/aromatic N) is 1. The number of aliphatic hydroxyl groups excluding tert-OH is 1. The smallest absolute Gasteiger partial charge is 0.282 e. The number of aliphatic hydroxyl groups is 1. The van der Waals surface area contributed by atoms with E-state index in [2.05, 4.69) is 5.32 Å². The Morgan fingerprint density at radius 3 is 2.54 bits per heavy atom. The highest BCUT2D eigenvalue weighted by Gasteiger charge is 2.44. The number of rotatable bonds is 4. The number of nitro groups is 1. The molecular formula is C20H20N2O6. The molecule has 0 spiro atoms. The van der Waals surface area contributed by atoms with Gasteiger partial charge >= 0.3 is 0 Å². The van der Waals surface area contributed by atoms with E-state index in [9.17, 15) is 24.8 Å². The van der Waals surface area contributed by atoms with Crippen LogP contribution >= 0.6 is 0 Å². The summed E-state index contributed by atoms with van der Waals surface area (Å²) in [5.41, 5.74) is -0.636. The monoisotopic (exact) mass is 384 g/mol. The van der Waals surface area contributed by atoms with E-state index in [1.165, 1.54) is 31.2 Å². The van der Waals surface area contributed by atoms with Crippen molar-refractivity contribution in [1.82, 2.24) is 5.32 Å². The third-order valence-electron chi connectivity index (χ3n) is 4.78. The third kappa shape index (κ3) is 3.46. The fraction of sp³-hybridized carbons (Fsp3) is 0.300. The molecular weight excluding hydrogens is 364 g/mol. The van der Waals surface area contributed by atoms with Crippen molar-refractivity contribution in [2.75, 3.05) is 0 Å². The molecule has 0 saturated heterocycles. The molecule has 1 aliphatic heterocycles. The maximum absolute atomic E-state index is 12.8. The van der Waals surface area contributed by atoms with Gasteiger partial charge in [0.1, 0.15) is 23.0 Å². The average molecular weight is 384 g/mol. The largest absolute Gasteiger partial charge is 0.485 e. The predicted octanol–water partition coefficient (Wildman–Crippen LogP) is 2.80. The number of amides is 1. The van der Waals surface area contributed by atoms with Crippen molar-refractivity contribution < 1.29 is 24.4 Å². The van der Waals surface area contributed by atoms with Gasteiger partial charge in [-0.2, -0.15) is 0 Å². The van der Waals surface area contributed by atoms with Crippen LogP contribution in [0, 0.1) is 10.1 Å². The number of ketones is 1. The zero-order chi connectivity index (χ0) is 20.6. The first-order chi connectivity index (χ1) is 13.1. The molecule has 8 heteroatoms. The zero-order valence-electron chi connectivity index (χ0n) is 15.6. The molecule has 0 bridgehead atoms. The number of hydrogen-bond donors (Lipinski definition) is 2. The molecule has 0 aliphatic carbocycles. The lowest BCUT2D eigenvalue weighted by molar-refractivity contribution is -0.385. The number of carbonyl (C=O) groups is 2. The predicted molar refractivity (Wildman–Crippen MR) is 100 cm³/mol. The number of hydrogen-bond acceptors (Lipinski definition) is 6. The molecule has 0 unspecified atom stereocenters. The number of para-hydroxylation sites is 1. The quantitative estimate of drug-likeness (QED) is 0.475. The van der Waals surface area contributed by atoms with Gasteiger partial charge in [0.15, 0.2) is 5.78 Å². The summed E-state index contributed by atoms with van der Waals surface area (Å²) in [5, 5.41) is 24.7. The van der Waals surface area contributed by atoms with E-state index in [-0.39, 0.29) is 17.0 Å². The second kappa shape index (κ2) is 7.05. The lowest BCUT2D eigenvalue weighted by Crippen LogP contribution is -2.53.